The quantitative estimate of drug-likeness (QED) is 0.650. The van der Waals surface area contributed by atoms with E-state index in [0.717, 1.165) is 0 Å². The standard InChI is InChI=1S/C8H11F2N/c1-2-11-8-4-3-6(9)5-7(8)10/h3-4,6,11H,2,5H2,1H3. The molecule has 0 saturated heterocycles. The van der Waals surface area contributed by atoms with Gasteiger partial charge < -0.3 is 5.32 Å². The normalized spacial score (nSPS) is 24.1. The molecule has 0 aromatic carbocycles. The lowest BCUT2D eigenvalue weighted by Crippen LogP contribution is -2.16. The second kappa shape index (κ2) is 3.51. The summed E-state index contributed by atoms with van der Waals surface area (Å²) < 4.78 is 25.3. The lowest BCUT2D eigenvalue weighted by Gasteiger charge is -2.12. The first-order valence-electron chi connectivity index (χ1n) is 3.69. The zero-order valence-corrected chi connectivity index (χ0v) is 6.40. The smallest absolute Gasteiger partial charge is 0.126 e. The van der Waals surface area contributed by atoms with Crippen LogP contribution in [-0.2, 0) is 0 Å². The van der Waals surface area contributed by atoms with E-state index in [4.69, 9.17) is 0 Å². The van der Waals surface area contributed by atoms with E-state index in [-0.39, 0.29) is 12.2 Å². The Morgan fingerprint density at radius 1 is 1.73 bits per heavy atom. The Labute approximate surface area is 64.8 Å². The van der Waals surface area contributed by atoms with Gasteiger partial charge >= 0.3 is 0 Å². The van der Waals surface area contributed by atoms with Crippen LogP contribution in [0.3, 0.4) is 0 Å². The van der Waals surface area contributed by atoms with Gasteiger partial charge in [0.1, 0.15) is 12.0 Å². The maximum atomic E-state index is 12.8. The molecule has 62 valence electrons. The molecule has 1 aliphatic rings. The predicted molar refractivity (Wildman–Crippen MR) is 40.5 cm³/mol. The average Bonchev–Trinajstić information content (AvgIpc) is 1.95. The van der Waals surface area contributed by atoms with Crippen molar-refractivity contribution in [2.45, 2.75) is 19.5 Å². The third-order valence-corrected chi connectivity index (χ3v) is 1.51. The summed E-state index contributed by atoms with van der Waals surface area (Å²) in [6, 6.07) is 0. The molecule has 0 aromatic heterocycles. The summed E-state index contributed by atoms with van der Waals surface area (Å²) in [5.41, 5.74) is 0.418. The Hall–Kier alpha value is -0.860. The molecule has 3 heteroatoms. The van der Waals surface area contributed by atoms with Crippen LogP contribution in [-0.4, -0.2) is 12.7 Å². The molecule has 0 aliphatic heterocycles. The third kappa shape index (κ3) is 2.03. The van der Waals surface area contributed by atoms with Gasteiger partial charge in [-0.1, -0.05) is 0 Å². The van der Waals surface area contributed by atoms with E-state index in [2.05, 4.69) is 5.32 Å². The van der Waals surface area contributed by atoms with Crippen molar-refractivity contribution in [3.8, 4) is 0 Å². The Kier molecular flexibility index (Phi) is 2.63. The minimum absolute atomic E-state index is 0.126. The van der Waals surface area contributed by atoms with Crippen molar-refractivity contribution in [1.82, 2.24) is 5.32 Å². The van der Waals surface area contributed by atoms with Crippen LogP contribution in [0.1, 0.15) is 13.3 Å². The predicted octanol–water partition coefficient (Wildman–Crippen LogP) is 2.08. The first-order valence-corrected chi connectivity index (χ1v) is 3.69. The van der Waals surface area contributed by atoms with Crippen molar-refractivity contribution in [3.63, 3.8) is 0 Å². The van der Waals surface area contributed by atoms with Crippen molar-refractivity contribution in [3.05, 3.63) is 23.7 Å². The van der Waals surface area contributed by atoms with Gasteiger partial charge in [0.2, 0.25) is 0 Å². The molecule has 0 fully saturated rings. The highest BCUT2D eigenvalue weighted by molar-refractivity contribution is 5.26. The van der Waals surface area contributed by atoms with Crippen LogP contribution in [0.15, 0.2) is 23.7 Å². The van der Waals surface area contributed by atoms with Crippen LogP contribution in [0.4, 0.5) is 8.78 Å². The van der Waals surface area contributed by atoms with Gasteiger partial charge in [0, 0.05) is 13.0 Å². The molecule has 1 atom stereocenters. The first-order chi connectivity index (χ1) is 5.24. The second-order valence-electron chi connectivity index (χ2n) is 2.43. The molecular weight excluding hydrogens is 148 g/mol. The second-order valence-corrected chi connectivity index (χ2v) is 2.43. The molecule has 0 spiro atoms. The zero-order chi connectivity index (χ0) is 8.27. The van der Waals surface area contributed by atoms with Gasteiger partial charge in [-0.3, -0.25) is 0 Å². The van der Waals surface area contributed by atoms with Crippen molar-refractivity contribution in [1.29, 1.82) is 0 Å². The maximum absolute atomic E-state index is 12.8. The number of hydrogen-bond donors (Lipinski definition) is 1. The fourth-order valence-electron chi connectivity index (χ4n) is 0.986. The Morgan fingerprint density at radius 3 is 3.00 bits per heavy atom. The molecular formula is C8H11F2N. The van der Waals surface area contributed by atoms with Crippen LogP contribution >= 0.6 is 0 Å². The van der Waals surface area contributed by atoms with E-state index < -0.39 is 6.17 Å². The molecule has 0 bridgehead atoms. The van der Waals surface area contributed by atoms with Crippen LogP contribution < -0.4 is 5.32 Å². The molecule has 0 radical (unpaired) electrons. The van der Waals surface area contributed by atoms with Gasteiger partial charge in [0.25, 0.3) is 0 Å². The van der Waals surface area contributed by atoms with Gasteiger partial charge in [0.15, 0.2) is 0 Å². The van der Waals surface area contributed by atoms with E-state index in [1.54, 1.807) is 0 Å². The molecule has 1 N–H and O–H groups in total. The summed E-state index contributed by atoms with van der Waals surface area (Å²) in [7, 11) is 0. The molecule has 1 rings (SSSR count). The van der Waals surface area contributed by atoms with Crippen molar-refractivity contribution < 1.29 is 8.78 Å². The highest BCUT2D eigenvalue weighted by atomic mass is 19.1. The third-order valence-electron chi connectivity index (χ3n) is 1.51. The molecule has 1 unspecified atom stereocenters. The fourth-order valence-corrected chi connectivity index (χ4v) is 0.986. The average molecular weight is 159 g/mol. The van der Waals surface area contributed by atoms with E-state index in [9.17, 15) is 8.78 Å². The van der Waals surface area contributed by atoms with E-state index in [1.165, 1.54) is 12.2 Å². The topological polar surface area (TPSA) is 12.0 Å². The number of allylic oxidation sites excluding steroid dienone is 3. The SMILES string of the molecule is CCNC1=C(F)CC(F)C=C1. The van der Waals surface area contributed by atoms with Crippen LogP contribution in [0, 0.1) is 0 Å². The summed E-state index contributed by atoms with van der Waals surface area (Å²) >= 11 is 0. The van der Waals surface area contributed by atoms with Gasteiger partial charge in [-0.15, -0.1) is 0 Å². The number of hydrogen-bond acceptors (Lipinski definition) is 1. The Balaban J connectivity index is 2.64. The van der Waals surface area contributed by atoms with Crippen LogP contribution in [0.25, 0.3) is 0 Å². The van der Waals surface area contributed by atoms with Gasteiger partial charge in [-0.05, 0) is 19.1 Å². The number of alkyl halides is 1. The summed E-state index contributed by atoms with van der Waals surface area (Å²) in [6.45, 7) is 2.53. The summed E-state index contributed by atoms with van der Waals surface area (Å²) in [6.07, 6.45) is 1.53. The van der Waals surface area contributed by atoms with Crippen LogP contribution in [0.5, 0.6) is 0 Å². The number of halogens is 2. The minimum atomic E-state index is -1.16. The summed E-state index contributed by atoms with van der Waals surface area (Å²) in [5.74, 6) is -0.387. The maximum Gasteiger partial charge on any atom is 0.126 e. The van der Waals surface area contributed by atoms with Gasteiger partial charge in [-0.25, -0.2) is 8.78 Å². The van der Waals surface area contributed by atoms with Gasteiger partial charge in [0.05, 0.1) is 5.70 Å². The largest absolute Gasteiger partial charge is 0.383 e. The van der Waals surface area contributed by atoms with E-state index in [0.29, 0.717) is 12.2 Å². The van der Waals surface area contributed by atoms with Crippen molar-refractivity contribution in [2.24, 2.45) is 0 Å². The molecule has 11 heavy (non-hydrogen) atoms. The Bertz CT molecular complexity index is 196. The first kappa shape index (κ1) is 8.24. The molecule has 1 nitrogen and oxygen atoms in total. The molecule has 1 aliphatic carbocycles. The Morgan fingerprint density at radius 2 is 2.45 bits per heavy atom. The molecule has 0 amide bonds. The highest BCUT2D eigenvalue weighted by Gasteiger charge is 2.14. The monoisotopic (exact) mass is 159 g/mol. The van der Waals surface area contributed by atoms with Crippen molar-refractivity contribution in [2.75, 3.05) is 6.54 Å². The number of likely N-dealkylation sites (N-methyl/N-ethyl adjacent to an activating group) is 1. The zero-order valence-electron chi connectivity index (χ0n) is 6.40. The number of nitrogens with one attached hydrogen (secondary N) is 1. The fraction of sp³-hybridized carbons (Fsp3) is 0.500. The summed E-state index contributed by atoms with van der Waals surface area (Å²) in [5, 5.41) is 2.81. The van der Waals surface area contributed by atoms with E-state index in [1.807, 2.05) is 6.92 Å². The van der Waals surface area contributed by atoms with Gasteiger partial charge in [-0.2, -0.15) is 0 Å². The number of rotatable bonds is 2. The lowest BCUT2D eigenvalue weighted by molar-refractivity contribution is 0.364. The van der Waals surface area contributed by atoms with E-state index >= 15 is 0 Å². The van der Waals surface area contributed by atoms with Crippen LogP contribution in [0.2, 0.25) is 0 Å². The minimum Gasteiger partial charge on any atom is -0.383 e. The molecule has 0 saturated carbocycles. The molecule has 0 aromatic rings. The highest BCUT2D eigenvalue weighted by Crippen LogP contribution is 2.20. The summed E-state index contributed by atoms with van der Waals surface area (Å²) in [4.78, 5) is 0. The molecule has 0 heterocycles. The van der Waals surface area contributed by atoms with Crippen molar-refractivity contribution >= 4 is 0 Å². The lowest BCUT2D eigenvalue weighted by atomic mass is 10.1.